The summed E-state index contributed by atoms with van der Waals surface area (Å²) in [6.45, 7) is 0. The monoisotopic (exact) mass is 328 g/mol. The molecule has 0 bridgehead atoms. The van der Waals surface area contributed by atoms with Gasteiger partial charge in [-0.2, -0.15) is 0 Å². The Balaban J connectivity index is 1.74. The molecule has 0 aromatic heterocycles. The fourth-order valence-corrected chi connectivity index (χ4v) is 2.29. The lowest BCUT2D eigenvalue weighted by atomic mass is 10.1. The maximum atomic E-state index is 13.2. The highest BCUT2D eigenvalue weighted by Gasteiger charge is 2.29. The Morgan fingerprint density at radius 2 is 1.92 bits per heavy atom. The van der Waals surface area contributed by atoms with Gasteiger partial charge in [-0.25, -0.2) is 4.39 Å². The van der Waals surface area contributed by atoms with Gasteiger partial charge in [-0.1, -0.05) is 6.07 Å². The van der Waals surface area contributed by atoms with Gasteiger partial charge in [0.1, 0.15) is 11.6 Å². The first-order valence-electron chi connectivity index (χ1n) is 7.62. The molecule has 5 nitrogen and oxygen atoms in total. The van der Waals surface area contributed by atoms with Gasteiger partial charge < -0.3 is 15.4 Å². The molecule has 124 valence electrons. The minimum atomic E-state index is -0.449. The Kier molecular flexibility index (Phi) is 4.46. The highest BCUT2D eigenvalue weighted by molar-refractivity contribution is 6.06. The maximum Gasteiger partial charge on any atom is 0.255 e. The van der Waals surface area contributed by atoms with Gasteiger partial charge in [0.2, 0.25) is 5.91 Å². The fourth-order valence-electron chi connectivity index (χ4n) is 2.29. The lowest BCUT2D eigenvalue weighted by molar-refractivity contribution is -0.117. The third-order valence-corrected chi connectivity index (χ3v) is 3.75. The van der Waals surface area contributed by atoms with Crippen LogP contribution in [0.3, 0.4) is 0 Å². The molecule has 1 saturated carbocycles. The molecule has 1 aliphatic rings. The van der Waals surface area contributed by atoms with Crippen LogP contribution in [0.25, 0.3) is 0 Å². The number of carbonyl (C=O) groups is 2. The Labute approximate surface area is 138 Å². The molecule has 2 aromatic rings. The second-order valence-electron chi connectivity index (χ2n) is 5.64. The summed E-state index contributed by atoms with van der Waals surface area (Å²) in [5.41, 5.74) is 1.33. The summed E-state index contributed by atoms with van der Waals surface area (Å²) in [7, 11) is 1.40. The third kappa shape index (κ3) is 3.71. The highest BCUT2D eigenvalue weighted by Crippen LogP contribution is 2.30. The van der Waals surface area contributed by atoms with Gasteiger partial charge in [-0.05, 0) is 43.2 Å². The molecule has 0 radical (unpaired) electrons. The zero-order valence-corrected chi connectivity index (χ0v) is 13.1. The van der Waals surface area contributed by atoms with E-state index in [1.54, 1.807) is 24.3 Å². The molecular weight excluding hydrogens is 311 g/mol. The van der Waals surface area contributed by atoms with Crippen molar-refractivity contribution in [1.82, 2.24) is 0 Å². The van der Waals surface area contributed by atoms with Crippen molar-refractivity contribution in [3.63, 3.8) is 0 Å². The number of anilines is 2. The number of carbonyl (C=O) groups excluding carboxylic acids is 2. The summed E-state index contributed by atoms with van der Waals surface area (Å²) >= 11 is 0. The van der Waals surface area contributed by atoms with Crippen molar-refractivity contribution in [2.45, 2.75) is 12.8 Å². The number of methoxy groups -OCH3 is 1. The molecule has 1 fully saturated rings. The van der Waals surface area contributed by atoms with Crippen molar-refractivity contribution in [1.29, 1.82) is 0 Å². The second-order valence-corrected chi connectivity index (χ2v) is 5.64. The molecule has 6 heteroatoms. The van der Waals surface area contributed by atoms with Gasteiger partial charge in [0.05, 0.1) is 12.8 Å². The molecule has 24 heavy (non-hydrogen) atoms. The lowest BCUT2D eigenvalue weighted by Gasteiger charge is -2.11. The van der Waals surface area contributed by atoms with Crippen LogP contribution in [0.2, 0.25) is 0 Å². The average molecular weight is 328 g/mol. The molecule has 2 N–H and O–H groups in total. The molecule has 0 aliphatic heterocycles. The van der Waals surface area contributed by atoms with Crippen LogP contribution in [0.1, 0.15) is 23.2 Å². The maximum absolute atomic E-state index is 13.2. The first-order valence-corrected chi connectivity index (χ1v) is 7.62. The molecule has 0 heterocycles. The van der Waals surface area contributed by atoms with E-state index < -0.39 is 5.82 Å². The van der Waals surface area contributed by atoms with Crippen LogP contribution >= 0.6 is 0 Å². The minimum Gasteiger partial charge on any atom is -0.494 e. The van der Waals surface area contributed by atoms with E-state index in [1.165, 1.54) is 25.3 Å². The van der Waals surface area contributed by atoms with Crippen LogP contribution in [0.15, 0.2) is 42.5 Å². The Morgan fingerprint density at radius 3 is 2.62 bits per heavy atom. The van der Waals surface area contributed by atoms with Crippen LogP contribution < -0.4 is 15.4 Å². The summed E-state index contributed by atoms with van der Waals surface area (Å²) < 4.78 is 18.3. The SMILES string of the molecule is COc1cc(F)ccc1NC(=O)c1cccc(NC(=O)C2CC2)c1. The third-order valence-electron chi connectivity index (χ3n) is 3.75. The quantitative estimate of drug-likeness (QED) is 0.883. The number of benzene rings is 2. The number of halogens is 1. The molecule has 3 rings (SSSR count). The Morgan fingerprint density at radius 1 is 1.12 bits per heavy atom. The number of hydrogen-bond donors (Lipinski definition) is 2. The number of amides is 2. The minimum absolute atomic E-state index is 0.0206. The van der Waals surface area contributed by atoms with Crippen molar-refractivity contribution in [3.8, 4) is 5.75 Å². The van der Waals surface area contributed by atoms with E-state index in [0.29, 0.717) is 16.9 Å². The zero-order chi connectivity index (χ0) is 17.1. The summed E-state index contributed by atoms with van der Waals surface area (Å²) in [6, 6.07) is 10.5. The molecule has 2 amide bonds. The second kappa shape index (κ2) is 6.70. The highest BCUT2D eigenvalue weighted by atomic mass is 19.1. The molecule has 0 atom stereocenters. The van der Waals surface area contributed by atoms with Gasteiger partial charge >= 0.3 is 0 Å². The van der Waals surface area contributed by atoms with Gasteiger partial charge in [0.25, 0.3) is 5.91 Å². The molecule has 0 saturated heterocycles. The number of rotatable bonds is 5. The standard InChI is InChI=1S/C18H17FN2O3/c1-24-16-10-13(19)7-8-15(16)21-18(23)12-3-2-4-14(9-12)20-17(22)11-5-6-11/h2-4,7-11H,5-6H2,1H3,(H,20,22)(H,21,23). The number of ether oxygens (including phenoxy) is 1. The summed E-state index contributed by atoms with van der Waals surface area (Å²) in [6.07, 6.45) is 1.83. The molecule has 2 aromatic carbocycles. The van der Waals surface area contributed by atoms with E-state index in [1.807, 2.05) is 0 Å². The molecule has 0 spiro atoms. The van der Waals surface area contributed by atoms with Crippen molar-refractivity contribution in [2.75, 3.05) is 17.7 Å². The van der Waals surface area contributed by atoms with E-state index >= 15 is 0 Å². The Bertz CT molecular complexity index is 788. The fraction of sp³-hybridized carbons (Fsp3) is 0.222. The largest absolute Gasteiger partial charge is 0.494 e. The topological polar surface area (TPSA) is 67.4 Å². The molecular formula is C18H17FN2O3. The zero-order valence-electron chi connectivity index (χ0n) is 13.1. The smallest absolute Gasteiger partial charge is 0.255 e. The van der Waals surface area contributed by atoms with Crippen LogP contribution in [0.5, 0.6) is 5.75 Å². The van der Waals surface area contributed by atoms with Crippen molar-refractivity contribution < 1.29 is 18.7 Å². The van der Waals surface area contributed by atoms with Crippen LogP contribution in [-0.4, -0.2) is 18.9 Å². The Hall–Kier alpha value is -2.89. The van der Waals surface area contributed by atoms with Crippen LogP contribution in [-0.2, 0) is 4.79 Å². The van der Waals surface area contributed by atoms with Crippen molar-refractivity contribution in [3.05, 3.63) is 53.8 Å². The van der Waals surface area contributed by atoms with Gasteiger partial charge in [0.15, 0.2) is 0 Å². The van der Waals surface area contributed by atoms with E-state index in [2.05, 4.69) is 10.6 Å². The predicted molar refractivity (Wildman–Crippen MR) is 88.7 cm³/mol. The number of hydrogen-bond acceptors (Lipinski definition) is 3. The van der Waals surface area contributed by atoms with E-state index in [0.717, 1.165) is 12.8 Å². The average Bonchev–Trinajstić information content (AvgIpc) is 3.41. The van der Waals surface area contributed by atoms with E-state index in [-0.39, 0.29) is 23.5 Å². The first-order chi connectivity index (χ1) is 11.6. The van der Waals surface area contributed by atoms with E-state index in [9.17, 15) is 14.0 Å². The number of nitrogens with one attached hydrogen (secondary N) is 2. The molecule has 1 aliphatic carbocycles. The van der Waals surface area contributed by atoms with Crippen LogP contribution in [0, 0.1) is 11.7 Å². The van der Waals surface area contributed by atoms with Crippen molar-refractivity contribution in [2.24, 2.45) is 5.92 Å². The normalized spacial score (nSPS) is 13.2. The molecule has 0 unspecified atom stereocenters. The van der Waals surface area contributed by atoms with Gasteiger partial charge in [-0.3, -0.25) is 9.59 Å². The predicted octanol–water partition coefficient (Wildman–Crippen LogP) is 3.44. The first kappa shape index (κ1) is 16.0. The summed E-state index contributed by atoms with van der Waals surface area (Å²) in [5, 5.41) is 5.48. The summed E-state index contributed by atoms with van der Waals surface area (Å²) in [4.78, 5) is 24.2. The lowest BCUT2D eigenvalue weighted by Crippen LogP contribution is -2.15. The van der Waals surface area contributed by atoms with Gasteiger partial charge in [0, 0.05) is 23.2 Å². The van der Waals surface area contributed by atoms with E-state index in [4.69, 9.17) is 4.74 Å². The summed E-state index contributed by atoms with van der Waals surface area (Å²) in [5.74, 6) is -0.516. The van der Waals surface area contributed by atoms with Crippen molar-refractivity contribution >= 4 is 23.2 Å². The van der Waals surface area contributed by atoms with Gasteiger partial charge in [-0.15, -0.1) is 0 Å². The van der Waals surface area contributed by atoms with Crippen LogP contribution in [0.4, 0.5) is 15.8 Å².